The summed E-state index contributed by atoms with van der Waals surface area (Å²) in [6, 6.07) is 13.5. The quantitative estimate of drug-likeness (QED) is 0.754. The van der Waals surface area contributed by atoms with E-state index in [2.05, 4.69) is 4.98 Å². The topological polar surface area (TPSA) is 57.8 Å². The number of hydrogen-bond acceptors (Lipinski definition) is 3. The summed E-state index contributed by atoms with van der Waals surface area (Å²) in [4.78, 5) is 19.3. The van der Waals surface area contributed by atoms with Crippen LogP contribution in [0.25, 0.3) is 5.65 Å². The van der Waals surface area contributed by atoms with Gasteiger partial charge < -0.3 is 10.0 Å². The normalized spacial score (nSPS) is 20.5. The predicted molar refractivity (Wildman–Crippen MR) is 101 cm³/mol. The Balaban J connectivity index is 1.59. The number of aliphatic hydroxyl groups is 1. The van der Waals surface area contributed by atoms with E-state index >= 15 is 0 Å². The number of nitrogens with zero attached hydrogens (tertiary/aromatic N) is 3. The summed E-state index contributed by atoms with van der Waals surface area (Å²) in [5.74, 6) is -0.0687. The summed E-state index contributed by atoms with van der Waals surface area (Å²) in [6.45, 7) is 2.73. The molecule has 1 amide bonds. The Bertz CT molecular complexity index is 954. The number of fused-ring (bicyclic) bond motifs is 1. The van der Waals surface area contributed by atoms with Gasteiger partial charge in [-0.25, -0.2) is 4.98 Å². The van der Waals surface area contributed by atoms with Crippen molar-refractivity contribution in [1.82, 2.24) is 14.3 Å². The van der Waals surface area contributed by atoms with Crippen LogP contribution in [0.1, 0.15) is 34.1 Å². The zero-order chi connectivity index (χ0) is 18.3. The van der Waals surface area contributed by atoms with Gasteiger partial charge in [0.2, 0.25) is 0 Å². The smallest absolute Gasteiger partial charge is 0.272 e. The highest BCUT2D eigenvalue weighted by atomic mass is 35.5. The van der Waals surface area contributed by atoms with Gasteiger partial charge in [-0.1, -0.05) is 41.9 Å². The molecule has 2 aromatic heterocycles. The van der Waals surface area contributed by atoms with Crippen LogP contribution in [0.15, 0.2) is 48.7 Å². The third kappa shape index (κ3) is 2.97. The van der Waals surface area contributed by atoms with E-state index < -0.39 is 6.10 Å². The van der Waals surface area contributed by atoms with Gasteiger partial charge in [-0.2, -0.15) is 0 Å². The van der Waals surface area contributed by atoms with Crippen LogP contribution in [0.4, 0.5) is 0 Å². The maximum absolute atomic E-state index is 13.1. The number of halogens is 1. The standard InChI is InChI=1S/C20H20ClN3O2/c1-13-19(24-11-15(21)7-8-18(24)22-13)20(26)23-10-9-16(17(25)12-23)14-5-3-2-4-6-14/h2-8,11,16-17,25H,9-10,12H2,1H3/t16-,17-/m1/s1. The van der Waals surface area contributed by atoms with Crippen LogP contribution in [0, 0.1) is 6.92 Å². The molecule has 3 aromatic rings. The minimum Gasteiger partial charge on any atom is -0.391 e. The molecule has 1 N–H and O–H groups in total. The zero-order valence-corrected chi connectivity index (χ0v) is 15.2. The van der Waals surface area contributed by atoms with Crippen molar-refractivity contribution in [2.75, 3.05) is 13.1 Å². The van der Waals surface area contributed by atoms with Gasteiger partial charge in [-0.3, -0.25) is 9.20 Å². The van der Waals surface area contributed by atoms with Gasteiger partial charge in [0.25, 0.3) is 5.91 Å². The van der Waals surface area contributed by atoms with Crippen LogP contribution in [-0.2, 0) is 0 Å². The molecule has 26 heavy (non-hydrogen) atoms. The molecule has 1 saturated heterocycles. The van der Waals surface area contributed by atoms with Crippen molar-refractivity contribution < 1.29 is 9.90 Å². The number of rotatable bonds is 2. The highest BCUT2D eigenvalue weighted by Gasteiger charge is 2.33. The number of imidazole rings is 1. The Labute approximate surface area is 156 Å². The Hall–Kier alpha value is -2.37. The second-order valence-corrected chi connectivity index (χ2v) is 7.18. The number of likely N-dealkylation sites (tertiary alicyclic amines) is 1. The average Bonchev–Trinajstić information content (AvgIpc) is 2.96. The first-order valence-electron chi connectivity index (χ1n) is 8.71. The van der Waals surface area contributed by atoms with Crippen molar-refractivity contribution in [3.05, 3.63) is 70.6 Å². The second kappa shape index (κ2) is 6.74. The van der Waals surface area contributed by atoms with Crippen molar-refractivity contribution in [2.45, 2.75) is 25.4 Å². The number of piperidine rings is 1. The number of amides is 1. The van der Waals surface area contributed by atoms with Gasteiger partial charge in [-0.15, -0.1) is 0 Å². The van der Waals surface area contributed by atoms with Crippen molar-refractivity contribution in [2.24, 2.45) is 0 Å². The fraction of sp³-hybridized carbons (Fsp3) is 0.300. The van der Waals surface area contributed by atoms with Crippen molar-refractivity contribution in [1.29, 1.82) is 0 Å². The van der Waals surface area contributed by atoms with Crippen LogP contribution in [-0.4, -0.2) is 44.5 Å². The molecular formula is C20H20ClN3O2. The summed E-state index contributed by atoms with van der Waals surface area (Å²) in [6.07, 6.45) is 1.85. The molecule has 134 valence electrons. The average molecular weight is 370 g/mol. The monoisotopic (exact) mass is 369 g/mol. The molecule has 2 atom stereocenters. The number of aryl methyl sites for hydroxylation is 1. The van der Waals surface area contributed by atoms with Gasteiger partial charge in [0.05, 0.1) is 16.8 Å². The van der Waals surface area contributed by atoms with E-state index in [0.29, 0.717) is 35.1 Å². The minimum absolute atomic E-state index is 0.0537. The van der Waals surface area contributed by atoms with Crippen LogP contribution in [0.3, 0.4) is 0 Å². The molecule has 1 aliphatic rings. The van der Waals surface area contributed by atoms with E-state index in [1.54, 1.807) is 27.6 Å². The second-order valence-electron chi connectivity index (χ2n) is 6.75. The van der Waals surface area contributed by atoms with E-state index in [9.17, 15) is 9.90 Å². The molecule has 6 heteroatoms. The van der Waals surface area contributed by atoms with Crippen molar-refractivity contribution in [3.8, 4) is 0 Å². The lowest BCUT2D eigenvalue weighted by Gasteiger charge is -2.36. The van der Waals surface area contributed by atoms with Gasteiger partial charge in [0.15, 0.2) is 0 Å². The highest BCUT2D eigenvalue weighted by molar-refractivity contribution is 6.30. The Kier molecular flexibility index (Phi) is 4.42. The Morgan fingerprint density at radius 1 is 1.23 bits per heavy atom. The summed E-state index contributed by atoms with van der Waals surface area (Å²) in [5, 5.41) is 11.2. The maximum Gasteiger partial charge on any atom is 0.272 e. The number of benzene rings is 1. The Morgan fingerprint density at radius 2 is 2.00 bits per heavy atom. The predicted octanol–water partition coefficient (Wildman–Crippen LogP) is 3.29. The molecule has 0 bridgehead atoms. The number of pyridine rings is 1. The highest BCUT2D eigenvalue weighted by Crippen LogP contribution is 2.29. The largest absolute Gasteiger partial charge is 0.391 e. The maximum atomic E-state index is 13.1. The molecule has 0 spiro atoms. The number of carbonyl (C=O) groups is 1. The van der Waals surface area contributed by atoms with Crippen LogP contribution in [0.5, 0.6) is 0 Å². The number of β-amino-alcohol motifs (C(OH)–C–C–N with tert-alkyl or cyclic N) is 1. The molecular weight excluding hydrogens is 350 g/mol. The van der Waals surface area contributed by atoms with E-state index in [4.69, 9.17) is 11.6 Å². The number of aromatic nitrogens is 2. The van der Waals surface area contributed by atoms with E-state index in [0.717, 1.165) is 12.0 Å². The van der Waals surface area contributed by atoms with Crippen molar-refractivity contribution in [3.63, 3.8) is 0 Å². The molecule has 1 aliphatic heterocycles. The molecule has 4 rings (SSSR count). The van der Waals surface area contributed by atoms with Gasteiger partial charge in [0, 0.05) is 25.2 Å². The molecule has 0 aliphatic carbocycles. The fourth-order valence-electron chi connectivity index (χ4n) is 3.75. The van der Waals surface area contributed by atoms with Crippen LogP contribution < -0.4 is 0 Å². The van der Waals surface area contributed by atoms with E-state index in [1.807, 2.05) is 37.3 Å². The van der Waals surface area contributed by atoms with Crippen LogP contribution in [0.2, 0.25) is 5.02 Å². The first-order valence-corrected chi connectivity index (χ1v) is 9.09. The van der Waals surface area contributed by atoms with E-state index in [1.165, 1.54) is 0 Å². The SMILES string of the molecule is Cc1nc2ccc(Cl)cn2c1C(=O)N1CC[C@H](c2ccccc2)[C@H](O)C1. The molecule has 0 radical (unpaired) electrons. The minimum atomic E-state index is -0.585. The fourth-order valence-corrected chi connectivity index (χ4v) is 3.91. The van der Waals surface area contributed by atoms with E-state index in [-0.39, 0.29) is 11.8 Å². The molecule has 1 aromatic carbocycles. The van der Waals surface area contributed by atoms with Crippen molar-refractivity contribution >= 4 is 23.2 Å². The van der Waals surface area contributed by atoms with Gasteiger partial charge in [-0.05, 0) is 31.0 Å². The third-order valence-electron chi connectivity index (χ3n) is 5.06. The summed E-state index contributed by atoms with van der Waals surface area (Å²) >= 11 is 6.09. The molecule has 1 fully saturated rings. The summed E-state index contributed by atoms with van der Waals surface area (Å²) < 4.78 is 1.73. The zero-order valence-electron chi connectivity index (χ0n) is 14.5. The summed E-state index contributed by atoms with van der Waals surface area (Å²) in [7, 11) is 0. The molecule has 0 unspecified atom stereocenters. The first kappa shape index (κ1) is 17.1. The number of aliphatic hydroxyl groups excluding tert-OH is 1. The first-order chi connectivity index (χ1) is 12.5. The number of hydrogen-bond donors (Lipinski definition) is 1. The number of carbonyl (C=O) groups excluding carboxylic acids is 1. The Morgan fingerprint density at radius 3 is 2.73 bits per heavy atom. The van der Waals surface area contributed by atoms with Gasteiger partial charge >= 0.3 is 0 Å². The van der Waals surface area contributed by atoms with Gasteiger partial charge in [0.1, 0.15) is 11.3 Å². The molecule has 3 heterocycles. The lowest BCUT2D eigenvalue weighted by molar-refractivity contribution is 0.0376. The lowest BCUT2D eigenvalue weighted by Crippen LogP contribution is -2.46. The van der Waals surface area contributed by atoms with Crippen LogP contribution >= 0.6 is 11.6 Å². The lowest BCUT2D eigenvalue weighted by atomic mass is 9.87. The third-order valence-corrected chi connectivity index (χ3v) is 5.28. The molecule has 5 nitrogen and oxygen atoms in total. The molecule has 0 saturated carbocycles. The summed E-state index contributed by atoms with van der Waals surface area (Å²) in [5.41, 5.74) is 2.98.